The van der Waals surface area contributed by atoms with Gasteiger partial charge in [-0.05, 0) is 38.5 Å². The Morgan fingerprint density at radius 3 is 2.58 bits per heavy atom. The molecule has 1 aliphatic heterocycles. The second-order valence-corrected chi connectivity index (χ2v) is 4.27. The fourth-order valence-electron chi connectivity index (χ4n) is 2.31. The highest BCUT2D eigenvalue weighted by molar-refractivity contribution is 5.56. The van der Waals surface area contributed by atoms with E-state index in [1.54, 1.807) is 0 Å². The SMILES string of the molecule is CC1(C2CCC2)CCC(C=O)O1. The molecule has 1 aliphatic carbocycles. The van der Waals surface area contributed by atoms with Gasteiger partial charge in [-0.1, -0.05) is 6.42 Å². The predicted molar refractivity (Wildman–Crippen MR) is 45.9 cm³/mol. The predicted octanol–water partition coefficient (Wildman–Crippen LogP) is 1.92. The Hall–Kier alpha value is -0.370. The second-order valence-electron chi connectivity index (χ2n) is 4.27. The van der Waals surface area contributed by atoms with Crippen molar-refractivity contribution in [2.45, 2.75) is 50.7 Å². The van der Waals surface area contributed by atoms with E-state index < -0.39 is 0 Å². The standard InChI is InChI=1S/C10H16O2/c1-10(8-3-2-4-8)6-5-9(7-11)12-10/h7-9H,2-6H2,1H3. The van der Waals surface area contributed by atoms with Crippen LogP contribution in [0, 0.1) is 5.92 Å². The number of hydrogen-bond donors (Lipinski definition) is 0. The van der Waals surface area contributed by atoms with Gasteiger partial charge in [-0.2, -0.15) is 0 Å². The van der Waals surface area contributed by atoms with E-state index in [2.05, 4.69) is 6.92 Å². The van der Waals surface area contributed by atoms with Crippen LogP contribution < -0.4 is 0 Å². The monoisotopic (exact) mass is 168 g/mol. The van der Waals surface area contributed by atoms with Crippen LogP contribution in [0.5, 0.6) is 0 Å². The van der Waals surface area contributed by atoms with Gasteiger partial charge in [0.25, 0.3) is 0 Å². The molecule has 1 saturated heterocycles. The third-order valence-corrected chi connectivity index (χ3v) is 3.47. The van der Waals surface area contributed by atoms with Crippen LogP contribution in [0.1, 0.15) is 39.0 Å². The summed E-state index contributed by atoms with van der Waals surface area (Å²) in [5.74, 6) is 0.724. The first-order valence-electron chi connectivity index (χ1n) is 4.88. The number of aldehydes is 1. The molecule has 0 aromatic rings. The molecule has 2 rings (SSSR count). The van der Waals surface area contributed by atoms with Crippen LogP contribution in [-0.2, 0) is 9.53 Å². The summed E-state index contributed by atoms with van der Waals surface area (Å²) in [6.07, 6.45) is 6.76. The van der Waals surface area contributed by atoms with E-state index in [1.807, 2.05) is 0 Å². The summed E-state index contributed by atoms with van der Waals surface area (Å²) < 4.78 is 5.73. The molecule has 0 radical (unpaired) electrons. The molecule has 0 aromatic carbocycles. The minimum atomic E-state index is -0.115. The highest BCUT2D eigenvalue weighted by atomic mass is 16.5. The Bertz CT molecular complexity index is 186. The zero-order valence-corrected chi connectivity index (χ0v) is 7.58. The van der Waals surface area contributed by atoms with Gasteiger partial charge in [-0.3, -0.25) is 0 Å². The van der Waals surface area contributed by atoms with Crippen LogP contribution in [0.25, 0.3) is 0 Å². The Morgan fingerprint density at radius 1 is 1.42 bits per heavy atom. The molecule has 2 heteroatoms. The lowest BCUT2D eigenvalue weighted by Crippen LogP contribution is -2.39. The van der Waals surface area contributed by atoms with Crippen molar-refractivity contribution in [2.75, 3.05) is 0 Å². The first kappa shape index (κ1) is 8.24. The van der Waals surface area contributed by atoms with Crippen molar-refractivity contribution in [3.8, 4) is 0 Å². The smallest absolute Gasteiger partial charge is 0.148 e. The Balaban J connectivity index is 1.98. The van der Waals surface area contributed by atoms with Crippen molar-refractivity contribution < 1.29 is 9.53 Å². The molecule has 68 valence electrons. The molecule has 2 atom stereocenters. The van der Waals surface area contributed by atoms with Gasteiger partial charge in [-0.15, -0.1) is 0 Å². The van der Waals surface area contributed by atoms with Gasteiger partial charge in [0, 0.05) is 0 Å². The summed E-state index contributed by atoms with van der Waals surface area (Å²) in [6, 6.07) is 0. The fraction of sp³-hybridized carbons (Fsp3) is 0.900. The summed E-state index contributed by atoms with van der Waals surface area (Å²) in [5.41, 5.74) is 0.0316. The lowest BCUT2D eigenvalue weighted by molar-refractivity contribution is -0.129. The lowest BCUT2D eigenvalue weighted by Gasteiger charge is -2.39. The van der Waals surface area contributed by atoms with E-state index in [-0.39, 0.29) is 11.7 Å². The lowest BCUT2D eigenvalue weighted by atomic mass is 9.72. The van der Waals surface area contributed by atoms with Crippen molar-refractivity contribution in [1.82, 2.24) is 0 Å². The Kier molecular flexibility index (Phi) is 1.95. The maximum absolute atomic E-state index is 10.5. The van der Waals surface area contributed by atoms with E-state index in [4.69, 9.17) is 4.74 Å². The summed E-state index contributed by atoms with van der Waals surface area (Å²) >= 11 is 0. The van der Waals surface area contributed by atoms with Crippen LogP contribution in [0.3, 0.4) is 0 Å². The normalized spacial score (nSPS) is 42.6. The molecule has 0 bridgehead atoms. The summed E-state index contributed by atoms with van der Waals surface area (Å²) in [7, 11) is 0. The second kappa shape index (κ2) is 2.84. The van der Waals surface area contributed by atoms with Crippen LogP contribution in [0.2, 0.25) is 0 Å². The molecule has 1 heterocycles. The van der Waals surface area contributed by atoms with Gasteiger partial charge in [0.05, 0.1) is 5.60 Å². The third kappa shape index (κ3) is 1.18. The highest BCUT2D eigenvalue weighted by Gasteiger charge is 2.44. The van der Waals surface area contributed by atoms with Crippen molar-refractivity contribution in [3.05, 3.63) is 0 Å². The van der Waals surface area contributed by atoms with E-state index in [0.29, 0.717) is 0 Å². The largest absolute Gasteiger partial charge is 0.364 e. The Morgan fingerprint density at radius 2 is 2.17 bits per heavy atom. The van der Waals surface area contributed by atoms with Crippen LogP contribution in [0.15, 0.2) is 0 Å². The molecular weight excluding hydrogens is 152 g/mol. The molecular formula is C10H16O2. The van der Waals surface area contributed by atoms with Crippen molar-refractivity contribution in [2.24, 2.45) is 5.92 Å². The van der Waals surface area contributed by atoms with E-state index in [1.165, 1.54) is 19.3 Å². The first-order valence-corrected chi connectivity index (χ1v) is 4.88. The minimum Gasteiger partial charge on any atom is -0.364 e. The summed E-state index contributed by atoms with van der Waals surface area (Å²) in [6.45, 7) is 2.17. The van der Waals surface area contributed by atoms with Gasteiger partial charge in [0.1, 0.15) is 12.4 Å². The molecule has 0 amide bonds. The topological polar surface area (TPSA) is 26.3 Å². The van der Waals surface area contributed by atoms with Crippen molar-refractivity contribution in [1.29, 1.82) is 0 Å². The number of carbonyl (C=O) groups excluding carboxylic acids is 1. The molecule has 1 saturated carbocycles. The molecule has 0 spiro atoms. The Labute approximate surface area is 73.3 Å². The maximum atomic E-state index is 10.5. The summed E-state index contributed by atoms with van der Waals surface area (Å²) in [5, 5.41) is 0. The zero-order chi connectivity index (χ0) is 8.60. The molecule has 12 heavy (non-hydrogen) atoms. The average molecular weight is 168 g/mol. The molecule has 2 unspecified atom stereocenters. The van der Waals surface area contributed by atoms with E-state index in [0.717, 1.165) is 25.0 Å². The molecule has 2 fully saturated rings. The van der Waals surface area contributed by atoms with Crippen molar-refractivity contribution in [3.63, 3.8) is 0 Å². The van der Waals surface area contributed by atoms with Gasteiger partial charge < -0.3 is 9.53 Å². The average Bonchev–Trinajstić information content (AvgIpc) is 2.28. The summed E-state index contributed by atoms with van der Waals surface area (Å²) in [4.78, 5) is 10.5. The van der Waals surface area contributed by atoms with Gasteiger partial charge in [-0.25, -0.2) is 0 Å². The van der Waals surface area contributed by atoms with Crippen LogP contribution in [-0.4, -0.2) is 18.0 Å². The maximum Gasteiger partial charge on any atom is 0.148 e. The van der Waals surface area contributed by atoms with Gasteiger partial charge in [0.2, 0.25) is 0 Å². The molecule has 0 aromatic heterocycles. The molecule has 2 nitrogen and oxygen atoms in total. The minimum absolute atomic E-state index is 0.0316. The van der Waals surface area contributed by atoms with Gasteiger partial charge in [0.15, 0.2) is 0 Å². The highest BCUT2D eigenvalue weighted by Crippen LogP contribution is 2.45. The van der Waals surface area contributed by atoms with Crippen LogP contribution >= 0.6 is 0 Å². The number of hydrogen-bond acceptors (Lipinski definition) is 2. The van der Waals surface area contributed by atoms with E-state index >= 15 is 0 Å². The van der Waals surface area contributed by atoms with Crippen LogP contribution in [0.4, 0.5) is 0 Å². The van der Waals surface area contributed by atoms with E-state index in [9.17, 15) is 4.79 Å². The molecule has 0 N–H and O–H groups in total. The molecule has 2 aliphatic rings. The van der Waals surface area contributed by atoms with Crippen molar-refractivity contribution >= 4 is 6.29 Å². The fourth-order valence-corrected chi connectivity index (χ4v) is 2.31. The van der Waals surface area contributed by atoms with Gasteiger partial charge >= 0.3 is 0 Å². The number of carbonyl (C=O) groups is 1. The third-order valence-electron chi connectivity index (χ3n) is 3.47. The quantitative estimate of drug-likeness (QED) is 0.589. The first-order chi connectivity index (χ1) is 5.74. The number of ether oxygens (including phenoxy) is 1. The number of rotatable bonds is 2. The zero-order valence-electron chi connectivity index (χ0n) is 7.58.